The Morgan fingerprint density at radius 1 is 1.11 bits per heavy atom. The van der Waals surface area contributed by atoms with Crippen LogP contribution in [0.25, 0.3) is 0 Å². The molecule has 36 heavy (non-hydrogen) atoms. The number of nitrogens with zero attached hydrogens (tertiary/aromatic N) is 3. The van der Waals surface area contributed by atoms with Crippen molar-refractivity contribution in [2.45, 2.75) is 90.6 Å². The van der Waals surface area contributed by atoms with Crippen molar-refractivity contribution < 1.29 is 22.7 Å². The van der Waals surface area contributed by atoms with Crippen molar-refractivity contribution in [3.8, 4) is 0 Å². The van der Waals surface area contributed by atoms with Gasteiger partial charge in [0.25, 0.3) is 0 Å². The highest BCUT2D eigenvalue weighted by Gasteiger charge is 2.37. The summed E-state index contributed by atoms with van der Waals surface area (Å²) in [4.78, 5) is 22.6. The second-order valence-corrected chi connectivity index (χ2v) is 11.5. The van der Waals surface area contributed by atoms with Gasteiger partial charge in [-0.3, -0.25) is 0 Å². The summed E-state index contributed by atoms with van der Waals surface area (Å²) in [5, 5.41) is 6.04. The van der Waals surface area contributed by atoms with Crippen LogP contribution >= 0.6 is 0 Å². The Hall–Kier alpha value is -3.04. The first-order chi connectivity index (χ1) is 16.6. The number of hydrogen-bond donors (Lipinski definition) is 2. The summed E-state index contributed by atoms with van der Waals surface area (Å²) in [5.41, 5.74) is 2.00. The number of benzene rings is 1. The Morgan fingerprint density at radius 3 is 2.39 bits per heavy atom. The van der Waals surface area contributed by atoms with E-state index >= 15 is 0 Å². The van der Waals surface area contributed by atoms with E-state index in [0.29, 0.717) is 25.2 Å². The second-order valence-electron chi connectivity index (χ2n) is 11.5. The van der Waals surface area contributed by atoms with Crippen molar-refractivity contribution in [2.75, 3.05) is 17.2 Å². The molecule has 2 heterocycles. The largest absolute Gasteiger partial charge is 0.444 e. The van der Waals surface area contributed by atoms with Gasteiger partial charge in [0.1, 0.15) is 17.0 Å². The minimum Gasteiger partial charge on any atom is -0.444 e. The lowest BCUT2D eigenvalue weighted by molar-refractivity contribution is -0.137. The van der Waals surface area contributed by atoms with Crippen LogP contribution in [0.5, 0.6) is 0 Å². The van der Waals surface area contributed by atoms with E-state index in [2.05, 4.69) is 41.4 Å². The molecule has 2 N–H and O–H groups in total. The predicted molar refractivity (Wildman–Crippen MR) is 132 cm³/mol. The van der Waals surface area contributed by atoms with Gasteiger partial charge in [-0.1, -0.05) is 26.8 Å². The predicted octanol–water partition coefficient (Wildman–Crippen LogP) is 6.40. The maximum Gasteiger partial charge on any atom is 0.421 e. The molecule has 1 amide bonds. The number of aromatic nitrogens is 2. The van der Waals surface area contributed by atoms with Gasteiger partial charge in [-0.25, -0.2) is 9.78 Å². The van der Waals surface area contributed by atoms with Gasteiger partial charge in [-0.05, 0) is 68.2 Å². The molecule has 1 aliphatic carbocycles. The van der Waals surface area contributed by atoms with E-state index in [1.54, 1.807) is 4.90 Å². The number of hydrogen-bond acceptors (Lipinski definition) is 6. The lowest BCUT2D eigenvalue weighted by Crippen LogP contribution is -2.40. The van der Waals surface area contributed by atoms with E-state index in [1.807, 2.05) is 32.9 Å². The fourth-order valence-corrected chi connectivity index (χ4v) is 4.38. The Kier molecular flexibility index (Phi) is 6.59. The molecule has 1 aromatic heterocycles. The third-order valence-electron chi connectivity index (χ3n) is 6.07. The van der Waals surface area contributed by atoms with E-state index in [1.165, 1.54) is 0 Å². The van der Waals surface area contributed by atoms with Crippen LogP contribution in [0.1, 0.15) is 76.6 Å². The summed E-state index contributed by atoms with van der Waals surface area (Å²) in [6.45, 7) is 12.6. The van der Waals surface area contributed by atoms with E-state index in [9.17, 15) is 18.0 Å². The molecule has 0 spiro atoms. The molecule has 2 aromatic rings. The number of fused-ring (bicyclic) bond motifs is 1. The van der Waals surface area contributed by atoms with Crippen molar-refractivity contribution in [1.82, 2.24) is 14.9 Å². The Morgan fingerprint density at radius 2 is 1.81 bits per heavy atom. The van der Waals surface area contributed by atoms with Crippen LogP contribution in [-0.4, -0.2) is 39.1 Å². The van der Waals surface area contributed by atoms with Gasteiger partial charge in [0.2, 0.25) is 5.95 Å². The first kappa shape index (κ1) is 26.0. The van der Waals surface area contributed by atoms with Crippen molar-refractivity contribution in [3.05, 3.63) is 40.6 Å². The van der Waals surface area contributed by atoms with Crippen molar-refractivity contribution in [1.29, 1.82) is 0 Å². The van der Waals surface area contributed by atoms with Gasteiger partial charge in [0, 0.05) is 31.0 Å². The van der Waals surface area contributed by atoms with Gasteiger partial charge < -0.3 is 20.3 Å². The molecule has 196 valence electrons. The Balaban J connectivity index is 1.68. The summed E-state index contributed by atoms with van der Waals surface area (Å²) in [5.74, 6) is -0.134. The smallest absolute Gasteiger partial charge is 0.421 e. The number of alkyl halides is 3. The van der Waals surface area contributed by atoms with Crippen LogP contribution in [0.15, 0.2) is 18.3 Å². The average Bonchev–Trinajstić information content (AvgIpc) is 3.54. The van der Waals surface area contributed by atoms with Crippen molar-refractivity contribution >= 4 is 23.5 Å². The zero-order chi connectivity index (χ0) is 26.5. The number of ether oxygens (including phenoxy) is 1. The molecule has 0 atom stereocenters. The SMILES string of the molecule is CC(C)(C)OC(=O)N1CCc2ccc(Nc3ncc(C(F)(F)F)c(NC4CC4)n3)c(C(C)(C)C)c2C1. The van der Waals surface area contributed by atoms with E-state index < -0.39 is 17.3 Å². The molecule has 1 saturated carbocycles. The van der Waals surface area contributed by atoms with Gasteiger partial charge in [0.15, 0.2) is 0 Å². The summed E-state index contributed by atoms with van der Waals surface area (Å²) in [6, 6.07) is 3.91. The minimum absolute atomic E-state index is 0.00145. The molecule has 7 nitrogen and oxygen atoms in total. The molecule has 0 bridgehead atoms. The monoisotopic (exact) mass is 505 g/mol. The van der Waals surface area contributed by atoms with Crippen LogP contribution in [0.4, 0.5) is 35.4 Å². The fraction of sp³-hybridized carbons (Fsp3) is 0.577. The maximum atomic E-state index is 13.5. The summed E-state index contributed by atoms with van der Waals surface area (Å²) < 4.78 is 46.1. The molecular weight excluding hydrogens is 471 g/mol. The highest BCUT2D eigenvalue weighted by Crippen LogP contribution is 2.40. The highest BCUT2D eigenvalue weighted by atomic mass is 19.4. The number of nitrogens with one attached hydrogen (secondary N) is 2. The summed E-state index contributed by atoms with van der Waals surface area (Å²) >= 11 is 0. The highest BCUT2D eigenvalue weighted by molar-refractivity contribution is 5.71. The topological polar surface area (TPSA) is 79.4 Å². The number of rotatable bonds is 4. The number of carbonyl (C=O) groups excluding carboxylic acids is 1. The number of carbonyl (C=O) groups is 1. The lowest BCUT2D eigenvalue weighted by atomic mass is 9.79. The van der Waals surface area contributed by atoms with E-state index in [-0.39, 0.29) is 29.3 Å². The van der Waals surface area contributed by atoms with Crippen LogP contribution < -0.4 is 10.6 Å². The molecule has 0 saturated heterocycles. The molecule has 0 unspecified atom stereocenters. The van der Waals surface area contributed by atoms with Crippen LogP contribution in [0, 0.1) is 0 Å². The molecule has 1 aliphatic heterocycles. The first-order valence-electron chi connectivity index (χ1n) is 12.2. The average molecular weight is 506 g/mol. The fourth-order valence-electron chi connectivity index (χ4n) is 4.38. The normalized spacial score (nSPS) is 16.4. The van der Waals surface area contributed by atoms with Crippen LogP contribution in [0.3, 0.4) is 0 Å². The van der Waals surface area contributed by atoms with E-state index in [0.717, 1.165) is 35.7 Å². The molecule has 0 radical (unpaired) electrons. The minimum atomic E-state index is -4.55. The number of anilines is 3. The second kappa shape index (κ2) is 9.12. The number of amides is 1. The third kappa shape index (κ3) is 6.02. The van der Waals surface area contributed by atoms with Gasteiger partial charge >= 0.3 is 12.3 Å². The van der Waals surface area contributed by atoms with Crippen molar-refractivity contribution in [3.63, 3.8) is 0 Å². The molecule has 10 heteroatoms. The van der Waals surface area contributed by atoms with Gasteiger partial charge in [0.05, 0.1) is 0 Å². The molecule has 4 rings (SSSR count). The lowest BCUT2D eigenvalue weighted by Gasteiger charge is -2.35. The van der Waals surface area contributed by atoms with Gasteiger partial charge in [-0.2, -0.15) is 18.2 Å². The molecular formula is C26H34F3N5O2. The number of halogens is 3. The van der Waals surface area contributed by atoms with Crippen molar-refractivity contribution in [2.24, 2.45) is 0 Å². The quantitative estimate of drug-likeness (QED) is 0.500. The zero-order valence-electron chi connectivity index (χ0n) is 21.6. The van der Waals surface area contributed by atoms with E-state index in [4.69, 9.17) is 4.74 Å². The summed E-state index contributed by atoms with van der Waals surface area (Å²) in [6.07, 6.45) is -1.78. The maximum absolute atomic E-state index is 13.5. The van der Waals surface area contributed by atoms with Crippen LogP contribution in [0.2, 0.25) is 0 Å². The van der Waals surface area contributed by atoms with Crippen LogP contribution in [-0.2, 0) is 29.3 Å². The third-order valence-corrected chi connectivity index (χ3v) is 6.07. The van der Waals surface area contributed by atoms with Gasteiger partial charge in [-0.15, -0.1) is 0 Å². The summed E-state index contributed by atoms with van der Waals surface area (Å²) in [7, 11) is 0. The Labute approximate surface area is 209 Å². The Bertz CT molecular complexity index is 1150. The zero-order valence-corrected chi connectivity index (χ0v) is 21.6. The standard InChI is InChI=1S/C26H34F3N5O2/c1-24(2,3)20-17-14-34(23(35)36-25(4,5)6)12-11-15(17)7-10-19(20)32-22-30-13-18(26(27,28)29)21(33-22)31-16-8-9-16/h7,10,13,16H,8-9,11-12,14H2,1-6H3,(H2,30,31,32,33). The molecule has 2 aliphatic rings. The molecule has 1 aromatic carbocycles. The first-order valence-corrected chi connectivity index (χ1v) is 12.2. The molecule has 1 fully saturated rings.